The fourth-order valence-electron chi connectivity index (χ4n) is 3.29. The number of halogens is 2. The Hall–Kier alpha value is -3.33. The average Bonchev–Trinajstić information content (AvgIpc) is 3.10. The first-order valence-corrected chi connectivity index (χ1v) is 9.18. The van der Waals surface area contributed by atoms with E-state index < -0.39 is 24.0 Å². The third kappa shape index (κ3) is 4.40. The van der Waals surface area contributed by atoms with Gasteiger partial charge in [-0.25, -0.2) is 8.78 Å². The van der Waals surface area contributed by atoms with Crippen molar-refractivity contribution >= 4 is 11.6 Å². The van der Waals surface area contributed by atoms with Gasteiger partial charge in [0, 0.05) is 12.1 Å². The van der Waals surface area contributed by atoms with Gasteiger partial charge in [-0.3, -0.25) is 4.79 Å². The van der Waals surface area contributed by atoms with Crippen molar-refractivity contribution in [2.75, 3.05) is 5.32 Å². The zero-order valence-corrected chi connectivity index (χ0v) is 15.3. The van der Waals surface area contributed by atoms with Gasteiger partial charge in [0.2, 0.25) is 5.82 Å². The summed E-state index contributed by atoms with van der Waals surface area (Å²) in [5.74, 6) is -0.759. The molecule has 9 heteroatoms. The number of hydrogen-bond acceptors (Lipinski definition) is 5. The summed E-state index contributed by atoms with van der Waals surface area (Å²) in [6.45, 7) is 0. The predicted octanol–water partition coefficient (Wildman–Crippen LogP) is 2.15. The van der Waals surface area contributed by atoms with Crippen LogP contribution in [-0.4, -0.2) is 38.5 Å². The van der Waals surface area contributed by atoms with E-state index in [9.17, 15) is 18.7 Å². The number of carbonyl (C=O) groups is 1. The van der Waals surface area contributed by atoms with Gasteiger partial charge in [-0.15, -0.1) is 10.2 Å². The molecule has 3 aromatic rings. The molecule has 7 nitrogen and oxygen atoms in total. The van der Waals surface area contributed by atoms with E-state index in [1.165, 1.54) is 24.3 Å². The summed E-state index contributed by atoms with van der Waals surface area (Å²) >= 11 is 0. The normalized spacial score (nSPS) is 18.4. The molecule has 0 saturated heterocycles. The molecule has 1 unspecified atom stereocenters. The summed E-state index contributed by atoms with van der Waals surface area (Å²) in [4.78, 5) is 15.4. The van der Waals surface area contributed by atoms with Crippen molar-refractivity contribution in [2.45, 2.75) is 31.5 Å². The number of amides is 1. The molecule has 1 aliphatic heterocycles. The van der Waals surface area contributed by atoms with Gasteiger partial charge in [0.05, 0.1) is 6.04 Å². The number of rotatable bonds is 4. The molecule has 0 bridgehead atoms. The van der Waals surface area contributed by atoms with Crippen LogP contribution in [0.4, 0.5) is 14.5 Å². The molecule has 2 aromatic carbocycles. The molecule has 0 fully saturated rings. The smallest absolute Gasteiger partial charge is 0.289 e. The summed E-state index contributed by atoms with van der Waals surface area (Å²) in [6, 6.07) is 9.71. The van der Waals surface area contributed by atoms with E-state index >= 15 is 0 Å². The lowest BCUT2D eigenvalue weighted by atomic mass is 10.1. The second-order valence-corrected chi connectivity index (χ2v) is 6.93. The SMILES string of the molecule is O=C(N[C@H]1CCc2ccc(F)cc2NC1O)c1nnc(Cc2ccc(F)cc2)[nH]1. The molecule has 2 atom stereocenters. The molecule has 0 radical (unpaired) electrons. The van der Waals surface area contributed by atoms with E-state index in [0.717, 1.165) is 11.1 Å². The van der Waals surface area contributed by atoms with Crippen LogP contribution < -0.4 is 10.6 Å². The highest BCUT2D eigenvalue weighted by atomic mass is 19.1. The van der Waals surface area contributed by atoms with Crippen molar-refractivity contribution in [2.24, 2.45) is 0 Å². The third-order valence-corrected chi connectivity index (χ3v) is 4.83. The number of benzene rings is 2. The maximum Gasteiger partial charge on any atom is 0.289 e. The highest BCUT2D eigenvalue weighted by molar-refractivity contribution is 5.90. The first-order valence-electron chi connectivity index (χ1n) is 9.18. The molecular weight excluding hydrogens is 380 g/mol. The fourth-order valence-corrected chi connectivity index (χ4v) is 3.29. The van der Waals surface area contributed by atoms with Crippen LogP contribution >= 0.6 is 0 Å². The zero-order chi connectivity index (χ0) is 20.4. The number of aliphatic hydroxyl groups is 1. The van der Waals surface area contributed by atoms with Crippen LogP contribution in [0.15, 0.2) is 42.5 Å². The number of carbonyl (C=O) groups excluding carboxylic acids is 1. The number of aromatic amines is 1. The van der Waals surface area contributed by atoms with E-state index in [2.05, 4.69) is 25.8 Å². The van der Waals surface area contributed by atoms with Gasteiger partial charge in [-0.05, 0) is 48.2 Å². The number of hydrogen-bond donors (Lipinski definition) is 4. The molecule has 29 heavy (non-hydrogen) atoms. The molecule has 0 spiro atoms. The van der Waals surface area contributed by atoms with E-state index in [0.29, 0.717) is 30.8 Å². The number of fused-ring (bicyclic) bond motifs is 1. The van der Waals surface area contributed by atoms with E-state index in [4.69, 9.17) is 0 Å². The maximum atomic E-state index is 13.4. The summed E-state index contributed by atoms with van der Waals surface area (Å²) in [6.07, 6.45) is 0.324. The highest BCUT2D eigenvalue weighted by Gasteiger charge is 2.27. The van der Waals surface area contributed by atoms with Crippen LogP contribution in [0.25, 0.3) is 0 Å². The van der Waals surface area contributed by atoms with Crippen molar-refractivity contribution in [3.8, 4) is 0 Å². The Balaban J connectivity index is 1.40. The van der Waals surface area contributed by atoms with Crippen molar-refractivity contribution in [1.29, 1.82) is 0 Å². The van der Waals surface area contributed by atoms with Gasteiger partial charge in [-0.2, -0.15) is 0 Å². The summed E-state index contributed by atoms with van der Waals surface area (Å²) in [5, 5.41) is 23.7. The summed E-state index contributed by atoms with van der Waals surface area (Å²) in [7, 11) is 0. The molecule has 1 aliphatic rings. The first-order chi connectivity index (χ1) is 14.0. The van der Waals surface area contributed by atoms with Crippen LogP contribution in [0.1, 0.15) is 34.0 Å². The lowest BCUT2D eigenvalue weighted by molar-refractivity contribution is 0.0854. The predicted molar refractivity (Wildman–Crippen MR) is 101 cm³/mol. The zero-order valence-electron chi connectivity index (χ0n) is 15.3. The van der Waals surface area contributed by atoms with Crippen LogP contribution in [-0.2, 0) is 12.8 Å². The largest absolute Gasteiger partial charge is 0.372 e. The molecular formula is C20H19F2N5O2. The van der Waals surface area contributed by atoms with Crippen LogP contribution in [0.5, 0.6) is 0 Å². The molecule has 0 saturated carbocycles. The third-order valence-electron chi connectivity index (χ3n) is 4.83. The Labute approximate surface area is 165 Å². The van der Waals surface area contributed by atoms with E-state index in [1.54, 1.807) is 18.2 Å². The molecule has 150 valence electrons. The monoisotopic (exact) mass is 399 g/mol. The number of aryl methyl sites for hydroxylation is 1. The number of nitrogens with one attached hydrogen (secondary N) is 3. The Bertz CT molecular complexity index is 1020. The lowest BCUT2D eigenvalue weighted by Crippen LogP contribution is -2.46. The number of H-pyrrole nitrogens is 1. The minimum Gasteiger partial charge on any atom is -0.372 e. The minimum absolute atomic E-state index is 0.0158. The average molecular weight is 399 g/mol. The second-order valence-electron chi connectivity index (χ2n) is 6.93. The van der Waals surface area contributed by atoms with Gasteiger partial charge in [-0.1, -0.05) is 18.2 Å². The van der Waals surface area contributed by atoms with Crippen LogP contribution in [0.3, 0.4) is 0 Å². The van der Waals surface area contributed by atoms with Crippen molar-refractivity contribution in [3.05, 3.63) is 76.9 Å². The van der Waals surface area contributed by atoms with Crippen molar-refractivity contribution < 1.29 is 18.7 Å². The summed E-state index contributed by atoms with van der Waals surface area (Å²) in [5.41, 5.74) is 2.20. The Morgan fingerprint density at radius 1 is 1.14 bits per heavy atom. The van der Waals surface area contributed by atoms with E-state index in [1.807, 2.05) is 0 Å². The van der Waals surface area contributed by atoms with Gasteiger partial charge >= 0.3 is 0 Å². The molecule has 1 aromatic heterocycles. The Morgan fingerprint density at radius 2 is 1.90 bits per heavy atom. The Kier molecular flexibility index (Phi) is 5.22. The van der Waals surface area contributed by atoms with Crippen molar-refractivity contribution in [3.63, 3.8) is 0 Å². The van der Waals surface area contributed by atoms with E-state index in [-0.39, 0.29) is 11.6 Å². The molecule has 1 amide bonds. The number of nitrogens with zero attached hydrogens (tertiary/aromatic N) is 2. The summed E-state index contributed by atoms with van der Waals surface area (Å²) < 4.78 is 26.4. The number of aromatic nitrogens is 3. The molecule has 4 rings (SSSR count). The quantitative estimate of drug-likeness (QED) is 0.538. The Morgan fingerprint density at radius 3 is 2.69 bits per heavy atom. The van der Waals surface area contributed by atoms with Gasteiger partial charge in [0.25, 0.3) is 5.91 Å². The fraction of sp³-hybridized carbons (Fsp3) is 0.250. The minimum atomic E-state index is -1.08. The number of aliphatic hydroxyl groups excluding tert-OH is 1. The van der Waals surface area contributed by atoms with Gasteiger partial charge < -0.3 is 20.7 Å². The van der Waals surface area contributed by atoms with Crippen LogP contribution in [0.2, 0.25) is 0 Å². The van der Waals surface area contributed by atoms with Crippen molar-refractivity contribution in [1.82, 2.24) is 20.5 Å². The highest BCUT2D eigenvalue weighted by Crippen LogP contribution is 2.24. The molecule has 0 aliphatic carbocycles. The first kappa shape index (κ1) is 19.0. The van der Waals surface area contributed by atoms with Crippen LogP contribution in [0, 0.1) is 11.6 Å². The van der Waals surface area contributed by atoms with Gasteiger partial charge in [0.15, 0.2) is 0 Å². The van der Waals surface area contributed by atoms with Gasteiger partial charge in [0.1, 0.15) is 23.7 Å². The topological polar surface area (TPSA) is 103 Å². The maximum absolute atomic E-state index is 13.4. The molecule has 4 N–H and O–H groups in total. The lowest BCUT2D eigenvalue weighted by Gasteiger charge is -2.22. The number of anilines is 1. The standard InChI is InChI=1S/C20H19F2N5O2/c21-13-5-1-11(2-6-13)9-17-25-18(27-26-17)20(29)23-15-8-4-12-3-7-14(22)10-16(12)24-19(15)28/h1-3,5-7,10,15,19,24,28H,4,8-9H2,(H,23,29)(H,25,26,27)/t15-,19?/m0/s1. The second kappa shape index (κ2) is 7.96. The molecule has 2 heterocycles.